The van der Waals surface area contributed by atoms with Crippen molar-refractivity contribution in [2.45, 2.75) is 24.8 Å². The fourth-order valence-corrected chi connectivity index (χ4v) is 3.08. The minimum atomic E-state index is -0.00715. The Balaban J connectivity index is 2.18. The molecular weight excluding hydrogens is 198 g/mol. The smallest absolute Gasteiger partial charge is 0.119 e. The van der Waals surface area contributed by atoms with E-state index in [-0.39, 0.29) is 11.5 Å². The number of hydrogen-bond acceptors (Lipinski definition) is 2. The molecule has 2 heteroatoms. The van der Waals surface area contributed by atoms with Gasteiger partial charge in [-0.05, 0) is 35.6 Å². The van der Waals surface area contributed by atoms with E-state index in [9.17, 15) is 0 Å². The Hall–Kier alpha value is -1.28. The summed E-state index contributed by atoms with van der Waals surface area (Å²) in [4.78, 5) is 0. The lowest BCUT2D eigenvalue weighted by Gasteiger charge is -2.38. The second kappa shape index (κ2) is 3.11. The van der Waals surface area contributed by atoms with Crippen LogP contribution in [0.1, 0.15) is 18.1 Å². The van der Waals surface area contributed by atoms with E-state index in [1.165, 1.54) is 11.1 Å². The first-order chi connectivity index (χ1) is 7.65. The third-order valence-electron chi connectivity index (χ3n) is 4.20. The van der Waals surface area contributed by atoms with Crippen molar-refractivity contribution >= 4 is 0 Å². The zero-order chi connectivity index (χ0) is 11.3. The monoisotopic (exact) mass is 215 g/mol. The van der Waals surface area contributed by atoms with Gasteiger partial charge < -0.3 is 10.5 Å². The van der Waals surface area contributed by atoms with Gasteiger partial charge in [-0.3, -0.25) is 0 Å². The molecule has 84 valence electrons. The highest BCUT2D eigenvalue weighted by Crippen LogP contribution is 2.46. The van der Waals surface area contributed by atoms with Crippen LogP contribution in [-0.4, -0.2) is 13.2 Å². The summed E-state index contributed by atoms with van der Waals surface area (Å²) in [5, 5.41) is 0. The maximum absolute atomic E-state index is 6.32. The Bertz CT molecular complexity index is 466. The quantitative estimate of drug-likeness (QED) is 0.727. The predicted octanol–water partition coefficient (Wildman–Crippen LogP) is 2.02. The van der Waals surface area contributed by atoms with Gasteiger partial charge in [-0.1, -0.05) is 25.1 Å². The number of fused-ring (bicyclic) bond motifs is 4. The van der Waals surface area contributed by atoms with Crippen LogP contribution < -0.4 is 10.5 Å². The molecule has 0 heterocycles. The average Bonchev–Trinajstić information content (AvgIpc) is 2.50. The molecule has 0 aliphatic heterocycles. The lowest BCUT2D eigenvalue weighted by atomic mass is 9.69. The topological polar surface area (TPSA) is 35.2 Å². The number of nitrogens with two attached hydrogens (primary N) is 1. The largest absolute Gasteiger partial charge is 0.497 e. The van der Waals surface area contributed by atoms with Crippen LogP contribution in [0.3, 0.4) is 0 Å². The third-order valence-corrected chi connectivity index (χ3v) is 4.20. The molecular formula is C14H17NO. The molecule has 2 bridgehead atoms. The van der Waals surface area contributed by atoms with Crippen LogP contribution in [0, 0.1) is 5.92 Å². The molecule has 0 amide bonds. The normalized spacial score (nSPS) is 34.9. The molecule has 1 aromatic carbocycles. The van der Waals surface area contributed by atoms with Crippen molar-refractivity contribution in [1.82, 2.24) is 0 Å². The van der Waals surface area contributed by atoms with Crippen LogP contribution in [-0.2, 0) is 11.8 Å². The summed E-state index contributed by atoms with van der Waals surface area (Å²) in [6.07, 6.45) is 5.61. The van der Waals surface area contributed by atoms with Crippen molar-refractivity contribution in [2.24, 2.45) is 11.7 Å². The average molecular weight is 215 g/mol. The maximum Gasteiger partial charge on any atom is 0.119 e. The molecule has 2 N–H and O–H groups in total. The summed E-state index contributed by atoms with van der Waals surface area (Å²) < 4.78 is 5.30. The van der Waals surface area contributed by atoms with Crippen LogP contribution in [0.5, 0.6) is 5.75 Å². The van der Waals surface area contributed by atoms with Crippen molar-refractivity contribution in [1.29, 1.82) is 0 Å². The summed E-state index contributed by atoms with van der Waals surface area (Å²) in [6.45, 7) is 2.23. The molecule has 2 unspecified atom stereocenters. The van der Waals surface area contributed by atoms with E-state index in [2.05, 4.69) is 31.2 Å². The van der Waals surface area contributed by atoms with Gasteiger partial charge in [0.2, 0.25) is 0 Å². The minimum Gasteiger partial charge on any atom is -0.497 e. The molecule has 0 saturated heterocycles. The number of rotatable bonds is 1. The first-order valence-corrected chi connectivity index (χ1v) is 5.77. The molecule has 3 rings (SSSR count). The summed E-state index contributed by atoms with van der Waals surface area (Å²) in [6, 6.07) is 6.57. The van der Waals surface area contributed by atoms with Gasteiger partial charge in [-0.2, -0.15) is 0 Å². The molecule has 0 saturated carbocycles. The Morgan fingerprint density at radius 3 is 3.00 bits per heavy atom. The highest BCUT2D eigenvalue weighted by molar-refractivity contribution is 5.50. The van der Waals surface area contributed by atoms with Gasteiger partial charge in [0, 0.05) is 11.5 Å². The standard InChI is InChI=1S/C14H17NO/c1-14-6-5-10(13(14)15)7-9-3-4-11(16-2)8-12(9)14/h3-6,8,10,13H,7,15H2,1-2H3/t10?,13?,14-/m1/s1. The van der Waals surface area contributed by atoms with Crippen molar-refractivity contribution in [3.05, 3.63) is 41.5 Å². The van der Waals surface area contributed by atoms with Gasteiger partial charge in [-0.25, -0.2) is 0 Å². The number of methoxy groups -OCH3 is 1. The summed E-state index contributed by atoms with van der Waals surface area (Å²) in [5.74, 6) is 1.43. The molecule has 2 nitrogen and oxygen atoms in total. The van der Waals surface area contributed by atoms with Gasteiger partial charge in [-0.15, -0.1) is 0 Å². The van der Waals surface area contributed by atoms with E-state index >= 15 is 0 Å². The lowest BCUT2D eigenvalue weighted by Crippen LogP contribution is -2.46. The van der Waals surface area contributed by atoms with Crippen molar-refractivity contribution in [3.8, 4) is 5.75 Å². The van der Waals surface area contributed by atoms with Gasteiger partial charge >= 0.3 is 0 Å². The second-order valence-electron chi connectivity index (χ2n) is 5.06. The van der Waals surface area contributed by atoms with E-state index < -0.39 is 0 Å². The number of hydrogen-bond donors (Lipinski definition) is 1. The molecule has 2 aliphatic carbocycles. The van der Waals surface area contributed by atoms with Crippen LogP contribution in [0.15, 0.2) is 30.4 Å². The molecule has 0 spiro atoms. The van der Waals surface area contributed by atoms with Crippen LogP contribution in [0.2, 0.25) is 0 Å². The summed E-state index contributed by atoms with van der Waals surface area (Å²) >= 11 is 0. The molecule has 0 radical (unpaired) electrons. The van der Waals surface area contributed by atoms with Crippen LogP contribution in [0.25, 0.3) is 0 Å². The van der Waals surface area contributed by atoms with E-state index in [0.717, 1.165) is 12.2 Å². The van der Waals surface area contributed by atoms with E-state index in [1.54, 1.807) is 7.11 Å². The van der Waals surface area contributed by atoms with Crippen LogP contribution in [0.4, 0.5) is 0 Å². The SMILES string of the molecule is COc1ccc2c(c1)[C@@]1(C)C=CC(C2)C1N. The summed E-state index contributed by atoms with van der Waals surface area (Å²) in [7, 11) is 1.71. The second-order valence-corrected chi connectivity index (χ2v) is 5.06. The number of benzene rings is 1. The molecule has 2 aliphatic rings. The zero-order valence-electron chi connectivity index (χ0n) is 9.73. The maximum atomic E-state index is 6.32. The highest BCUT2D eigenvalue weighted by atomic mass is 16.5. The molecule has 0 aromatic heterocycles. The first kappa shape index (κ1) is 9.91. The Kier molecular flexibility index (Phi) is 1.93. The fraction of sp³-hybridized carbons (Fsp3) is 0.429. The van der Waals surface area contributed by atoms with Gasteiger partial charge in [0.15, 0.2) is 0 Å². The number of ether oxygens (including phenoxy) is 1. The van der Waals surface area contributed by atoms with Crippen molar-refractivity contribution < 1.29 is 4.74 Å². The van der Waals surface area contributed by atoms with E-state index in [0.29, 0.717) is 5.92 Å². The Labute approximate surface area is 96.1 Å². The summed E-state index contributed by atoms with van der Waals surface area (Å²) in [5.41, 5.74) is 9.07. The molecule has 0 fully saturated rings. The van der Waals surface area contributed by atoms with Crippen molar-refractivity contribution in [2.75, 3.05) is 7.11 Å². The molecule has 3 atom stereocenters. The fourth-order valence-electron chi connectivity index (χ4n) is 3.08. The lowest BCUT2D eigenvalue weighted by molar-refractivity contribution is 0.368. The van der Waals surface area contributed by atoms with E-state index in [4.69, 9.17) is 10.5 Å². The Morgan fingerprint density at radius 2 is 2.25 bits per heavy atom. The Morgan fingerprint density at radius 1 is 1.44 bits per heavy atom. The van der Waals surface area contributed by atoms with E-state index in [1.807, 2.05) is 6.07 Å². The zero-order valence-corrected chi connectivity index (χ0v) is 9.73. The van der Waals surface area contributed by atoms with Crippen LogP contribution >= 0.6 is 0 Å². The van der Waals surface area contributed by atoms with Gasteiger partial charge in [0.05, 0.1) is 7.11 Å². The third kappa shape index (κ3) is 1.11. The minimum absolute atomic E-state index is 0.00715. The highest BCUT2D eigenvalue weighted by Gasteiger charge is 2.45. The predicted molar refractivity (Wildman–Crippen MR) is 64.7 cm³/mol. The van der Waals surface area contributed by atoms with Gasteiger partial charge in [0.25, 0.3) is 0 Å². The van der Waals surface area contributed by atoms with Gasteiger partial charge in [0.1, 0.15) is 5.75 Å². The van der Waals surface area contributed by atoms with Crippen molar-refractivity contribution in [3.63, 3.8) is 0 Å². The molecule has 1 aromatic rings. The first-order valence-electron chi connectivity index (χ1n) is 5.77. The molecule has 16 heavy (non-hydrogen) atoms.